The minimum Gasteiger partial charge on any atom is -0.347 e. The molecule has 0 aliphatic heterocycles. The lowest BCUT2D eigenvalue weighted by molar-refractivity contribution is -0.127. The van der Waals surface area contributed by atoms with Gasteiger partial charge >= 0.3 is 0 Å². The van der Waals surface area contributed by atoms with Crippen LogP contribution in [0, 0.1) is 5.92 Å². The number of carbonyl (C=O) groups is 2. The zero-order valence-corrected chi connectivity index (χ0v) is 11.8. The molecule has 106 valence electrons. The van der Waals surface area contributed by atoms with E-state index in [2.05, 4.69) is 16.7 Å². The number of halogens is 1. The Kier molecular flexibility index (Phi) is 5.18. The van der Waals surface area contributed by atoms with Crippen LogP contribution in [-0.2, 0) is 9.59 Å². The first-order valence-electron chi connectivity index (χ1n) is 6.63. The van der Waals surface area contributed by atoms with E-state index in [0.29, 0.717) is 10.7 Å². The molecule has 1 aliphatic rings. The third-order valence-corrected chi connectivity index (χ3v) is 3.44. The van der Waals surface area contributed by atoms with Crippen molar-refractivity contribution in [2.45, 2.75) is 19.3 Å². The van der Waals surface area contributed by atoms with Crippen LogP contribution in [0.1, 0.15) is 19.3 Å². The molecule has 0 radical (unpaired) electrons. The van der Waals surface area contributed by atoms with Crippen LogP contribution in [0.25, 0.3) is 0 Å². The zero-order valence-electron chi connectivity index (χ0n) is 11.1. The van der Waals surface area contributed by atoms with Gasteiger partial charge in [0, 0.05) is 16.6 Å². The Balaban J connectivity index is 1.75. The molecule has 1 aliphatic carbocycles. The molecule has 0 saturated carbocycles. The van der Waals surface area contributed by atoms with Gasteiger partial charge in [-0.25, -0.2) is 0 Å². The van der Waals surface area contributed by atoms with Gasteiger partial charge in [-0.3, -0.25) is 9.59 Å². The average Bonchev–Trinajstić information content (AvgIpc) is 2.48. The van der Waals surface area contributed by atoms with Crippen molar-refractivity contribution in [1.29, 1.82) is 0 Å². The minimum absolute atomic E-state index is 0.0108. The van der Waals surface area contributed by atoms with Crippen LogP contribution >= 0.6 is 11.6 Å². The van der Waals surface area contributed by atoms with Crippen molar-refractivity contribution in [2.75, 3.05) is 11.9 Å². The highest BCUT2D eigenvalue weighted by molar-refractivity contribution is 6.30. The Labute approximate surface area is 123 Å². The van der Waals surface area contributed by atoms with Crippen LogP contribution in [-0.4, -0.2) is 18.4 Å². The first-order valence-corrected chi connectivity index (χ1v) is 7.01. The molecule has 5 heteroatoms. The number of anilines is 1. The number of hydrogen-bond donors (Lipinski definition) is 2. The molecule has 2 rings (SSSR count). The van der Waals surface area contributed by atoms with E-state index in [1.54, 1.807) is 24.3 Å². The highest BCUT2D eigenvalue weighted by Crippen LogP contribution is 2.18. The summed E-state index contributed by atoms with van der Waals surface area (Å²) in [6, 6.07) is 6.83. The fourth-order valence-corrected chi connectivity index (χ4v) is 2.21. The lowest BCUT2D eigenvalue weighted by atomic mass is 9.94. The molecule has 1 aromatic carbocycles. The maximum absolute atomic E-state index is 11.9. The van der Waals surface area contributed by atoms with Crippen LogP contribution in [0.15, 0.2) is 36.4 Å². The van der Waals surface area contributed by atoms with Crippen molar-refractivity contribution < 1.29 is 9.59 Å². The van der Waals surface area contributed by atoms with Gasteiger partial charge in [0.15, 0.2) is 0 Å². The number of carbonyl (C=O) groups excluding carboxylic acids is 2. The van der Waals surface area contributed by atoms with Crippen LogP contribution < -0.4 is 10.6 Å². The molecule has 0 unspecified atom stereocenters. The van der Waals surface area contributed by atoms with Crippen LogP contribution in [0.5, 0.6) is 0 Å². The summed E-state index contributed by atoms with van der Waals surface area (Å²) in [5.41, 5.74) is 0.661. The SMILES string of the molecule is O=C(CNC(=O)[C@H]1CC=CCC1)Nc1ccc(Cl)cc1. The highest BCUT2D eigenvalue weighted by Gasteiger charge is 2.18. The molecular weight excluding hydrogens is 276 g/mol. The van der Waals surface area contributed by atoms with Crippen LogP contribution in [0.4, 0.5) is 5.69 Å². The van der Waals surface area contributed by atoms with Crippen molar-refractivity contribution >= 4 is 29.1 Å². The fraction of sp³-hybridized carbons (Fsp3) is 0.333. The molecule has 2 N–H and O–H groups in total. The number of rotatable bonds is 4. The monoisotopic (exact) mass is 292 g/mol. The van der Waals surface area contributed by atoms with Gasteiger partial charge in [-0.1, -0.05) is 23.8 Å². The molecule has 2 amide bonds. The van der Waals surface area contributed by atoms with E-state index in [0.717, 1.165) is 19.3 Å². The normalized spacial score (nSPS) is 17.6. The third-order valence-electron chi connectivity index (χ3n) is 3.19. The van der Waals surface area contributed by atoms with E-state index in [1.807, 2.05) is 6.08 Å². The van der Waals surface area contributed by atoms with Crippen molar-refractivity contribution in [3.05, 3.63) is 41.4 Å². The summed E-state index contributed by atoms with van der Waals surface area (Å²) in [5.74, 6) is -0.309. The molecule has 0 bridgehead atoms. The van der Waals surface area contributed by atoms with Gasteiger partial charge < -0.3 is 10.6 Å². The summed E-state index contributed by atoms with van der Waals surface area (Å²) in [6.07, 6.45) is 6.62. The van der Waals surface area contributed by atoms with Gasteiger partial charge in [-0.15, -0.1) is 0 Å². The predicted molar refractivity (Wildman–Crippen MR) is 79.6 cm³/mol. The lowest BCUT2D eigenvalue weighted by Crippen LogP contribution is -2.37. The van der Waals surface area contributed by atoms with Gasteiger partial charge in [0.2, 0.25) is 11.8 Å². The predicted octanol–water partition coefficient (Wildman–Crippen LogP) is 2.75. The molecule has 0 spiro atoms. The molecule has 1 aromatic rings. The van der Waals surface area contributed by atoms with Crippen molar-refractivity contribution in [1.82, 2.24) is 5.32 Å². The second-order valence-electron chi connectivity index (χ2n) is 4.75. The quantitative estimate of drug-likeness (QED) is 0.838. The van der Waals surface area contributed by atoms with Crippen molar-refractivity contribution in [3.63, 3.8) is 0 Å². The molecule has 4 nitrogen and oxygen atoms in total. The number of allylic oxidation sites excluding steroid dienone is 2. The second-order valence-corrected chi connectivity index (χ2v) is 5.19. The zero-order chi connectivity index (χ0) is 14.4. The Hall–Kier alpha value is -1.81. The summed E-state index contributed by atoms with van der Waals surface area (Å²) in [7, 11) is 0. The average molecular weight is 293 g/mol. The topological polar surface area (TPSA) is 58.2 Å². The van der Waals surface area contributed by atoms with Gasteiger partial charge in [-0.2, -0.15) is 0 Å². The Bertz CT molecular complexity index is 511. The first-order chi connectivity index (χ1) is 9.65. The van der Waals surface area contributed by atoms with E-state index >= 15 is 0 Å². The number of nitrogens with one attached hydrogen (secondary N) is 2. The summed E-state index contributed by atoms with van der Waals surface area (Å²) in [6.45, 7) is -0.0122. The summed E-state index contributed by atoms with van der Waals surface area (Å²) in [4.78, 5) is 23.6. The number of amides is 2. The van der Waals surface area contributed by atoms with Gasteiger partial charge in [-0.05, 0) is 43.5 Å². The minimum atomic E-state index is -0.243. The molecule has 0 heterocycles. The first kappa shape index (κ1) is 14.6. The molecule has 0 fully saturated rings. The smallest absolute Gasteiger partial charge is 0.243 e. The second kappa shape index (κ2) is 7.10. The Morgan fingerprint density at radius 3 is 2.60 bits per heavy atom. The third kappa shape index (κ3) is 4.38. The number of hydrogen-bond acceptors (Lipinski definition) is 2. The Morgan fingerprint density at radius 1 is 1.20 bits per heavy atom. The molecule has 20 heavy (non-hydrogen) atoms. The van der Waals surface area contributed by atoms with E-state index in [9.17, 15) is 9.59 Å². The lowest BCUT2D eigenvalue weighted by Gasteiger charge is -2.17. The summed E-state index contributed by atoms with van der Waals surface area (Å²) >= 11 is 5.76. The molecule has 0 saturated heterocycles. The van der Waals surface area contributed by atoms with Crippen LogP contribution in [0.2, 0.25) is 5.02 Å². The fourth-order valence-electron chi connectivity index (χ4n) is 2.08. The molecule has 1 atom stereocenters. The Morgan fingerprint density at radius 2 is 1.95 bits per heavy atom. The highest BCUT2D eigenvalue weighted by atomic mass is 35.5. The maximum Gasteiger partial charge on any atom is 0.243 e. The van der Waals surface area contributed by atoms with Gasteiger partial charge in [0.05, 0.1) is 6.54 Å². The standard InChI is InChI=1S/C15H17ClN2O2/c16-12-6-8-13(9-7-12)18-14(19)10-17-15(20)11-4-2-1-3-5-11/h1-2,6-9,11H,3-5,10H2,(H,17,20)(H,18,19)/t11-/m0/s1. The summed E-state index contributed by atoms with van der Waals surface area (Å²) < 4.78 is 0. The maximum atomic E-state index is 11.9. The molecular formula is C15H17ClN2O2. The number of benzene rings is 1. The van der Waals surface area contributed by atoms with E-state index in [-0.39, 0.29) is 24.3 Å². The molecule has 0 aromatic heterocycles. The van der Waals surface area contributed by atoms with E-state index in [1.165, 1.54) is 0 Å². The van der Waals surface area contributed by atoms with Gasteiger partial charge in [0.25, 0.3) is 0 Å². The summed E-state index contributed by atoms with van der Waals surface area (Å²) in [5, 5.41) is 5.99. The van der Waals surface area contributed by atoms with E-state index in [4.69, 9.17) is 11.6 Å². The van der Waals surface area contributed by atoms with E-state index < -0.39 is 0 Å². The van der Waals surface area contributed by atoms with Crippen LogP contribution in [0.3, 0.4) is 0 Å². The largest absolute Gasteiger partial charge is 0.347 e. The van der Waals surface area contributed by atoms with Crippen molar-refractivity contribution in [2.24, 2.45) is 5.92 Å². The van der Waals surface area contributed by atoms with Gasteiger partial charge in [0.1, 0.15) is 0 Å². The van der Waals surface area contributed by atoms with Crippen molar-refractivity contribution in [3.8, 4) is 0 Å².